The molecule has 4 N–H and O–H groups in total. The maximum atomic E-state index is 11.7. The molecule has 0 saturated carbocycles. The van der Waals surface area contributed by atoms with Crippen molar-refractivity contribution < 1.29 is 9.63 Å². The quantitative estimate of drug-likeness (QED) is 0.511. The Hall–Kier alpha value is -2.21. The Kier molecular flexibility index (Phi) is 6.57. The van der Waals surface area contributed by atoms with Gasteiger partial charge in [-0.1, -0.05) is 42.5 Å². The lowest BCUT2D eigenvalue weighted by Crippen LogP contribution is -2.28. The van der Waals surface area contributed by atoms with Gasteiger partial charge in [-0.25, -0.2) is 0 Å². The molecule has 0 bridgehead atoms. The minimum Gasteiger partial charge on any atom is -0.351 e. The molecule has 0 radical (unpaired) electrons. The molecule has 0 atom stereocenters. The summed E-state index contributed by atoms with van der Waals surface area (Å²) in [5.41, 5.74) is 11.1. The van der Waals surface area contributed by atoms with Crippen LogP contribution in [0.5, 0.6) is 0 Å². The SMILES string of the molecule is NCCNC(=O)c1ccc(CONCc2ccccc2)cc1. The lowest BCUT2D eigenvalue weighted by Gasteiger charge is -2.07. The van der Waals surface area contributed by atoms with Crippen molar-refractivity contribution in [1.82, 2.24) is 10.8 Å². The topological polar surface area (TPSA) is 76.4 Å². The first kappa shape index (κ1) is 16.2. The van der Waals surface area contributed by atoms with Crippen molar-refractivity contribution in [3.05, 3.63) is 71.3 Å². The minimum absolute atomic E-state index is 0.111. The van der Waals surface area contributed by atoms with E-state index in [-0.39, 0.29) is 5.91 Å². The summed E-state index contributed by atoms with van der Waals surface area (Å²) in [4.78, 5) is 17.1. The Morgan fingerprint density at radius 3 is 2.41 bits per heavy atom. The molecular weight excluding hydrogens is 278 g/mol. The van der Waals surface area contributed by atoms with Crippen molar-refractivity contribution in [2.45, 2.75) is 13.2 Å². The monoisotopic (exact) mass is 299 g/mol. The summed E-state index contributed by atoms with van der Waals surface area (Å²) in [7, 11) is 0. The van der Waals surface area contributed by atoms with Gasteiger partial charge in [0.15, 0.2) is 0 Å². The molecule has 0 unspecified atom stereocenters. The average molecular weight is 299 g/mol. The smallest absolute Gasteiger partial charge is 0.251 e. The Balaban J connectivity index is 1.73. The van der Waals surface area contributed by atoms with Crippen LogP contribution in [0.2, 0.25) is 0 Å². The van der Waals surface area contributed by atoms with E-state index < -0.39 is 0 Å². The lowest BCUT2D eigenvalue weighted by atomic mass is 10.1. The number of hydrogen-bond acceptors (Lipinski definition) is 4. The third-order valence-corrected chi connectivity index (χ3v) is 3.11. The number of nitrogens with two attached hydrogens (primary N) is 1. The molecule has 0 aliphatic rings. The Morgan fingerprint density at radius 1 is 1.00 bits per heavy atom. The number of rotatable bonds is 8. The van der Waals surface area contributed by atoms with Crippen molar-refractivity contribution in [3.63, 3.8) is 0 Å². The average Bonchev–Trinajstić information content (AvgIpc) is 2.58. The molecule has 0 aliphatic heterocycles. The van der Waals surface area contributed by atoms with E-state index in [9.17, 15) is 4.79 Å². The Labute approximate surface area is 130 Å². The molecule has 0 aliphatic carbocycles. The second-order valence-electron chi connectivity index (χ2n) is 4.84. The van der Waals surface area contributed by atoms with E-state index in [0.717, 1.165) is 11.1 Å². The van der Waals surface area contributed by atoms with Crippen molar-refractivity contribution in [1.29, 1.82) is 0 Å². The van der Waals surface area contributed by atoms with E-state index in [1.165, 1.54) is 0 Å². The molecular formula is C17H21N3O2. The van der Waals surface area contributed by atoms with Gasteiger partial charge in [0.2, 0.25) is 0 Å². The van der Waals surface area contributed by atoms with Crippen molar-refractivity contribution >= 4 is 5.91 Å². The molecule has 5 nitrogen and oxygen atoms in total. The van der Waals surface area contributed by atoms with Crippen LogP contribution in [0.1, 0.15) is 21.5 Å². The highest BCUT2D eigenvalue weighted by atomic mass is 16.6. The molecule has 0 spiro atoms. The van der Waals surface area contributed by atoms with Crippen LogP contribution in [0.4, 0.5) is 0 Å². The molecule has 2 aromatic rings. The maximum absolute atomic E-state index is 11.7. The second-order valence-corrected chi connectivity index (χ2v) is 4.84. The summed E-state index contributed by atoms with van der Waals surface area (Å²) < 4.78 is 0. The zero-order valence-corrected chi connectivity index (χ0v) is 12.4. The number of carbonyl (C=O) groups excluding carboxylic acids is 1. The van der Waals surface area contributed by atoms with Gasteiger partial charge in [0.1, 0.15) is 0 Å². The predicted molar refractivity (Wildman–Crippen MR) is 85.9 cm³/mol. The van der Waals surface area contributed by atoms with Gasteiger partial charge >= 0.3 is 0 Å². The second kappa shape index (κ2) is 8.94. The fourth-order valence-corrected chi connectivity index (χ4v) is 1.90. The Morgan fingerprint density at radius 2 is 1.73 bits per heavy atom. The van der Waals surface area contributed by atoms with Crippen molar-refractivity contribution in [2.24, 2.45) is 5.73 Å². The number of amides is 1. The normalized spacial score (nSPS) is 10.4. The van der Waals surface area contributed by atoms with Crippen LogP contribution in [0.15, 0.2) is 54.6 Å². The van der Waals surface area contributed by atoms with Crippen LogP contribution < -0.4 is 16.5 Å². The minimum atomic E-state index is -0.111. The van der Waals surface area contributed by atoms with Crippen LogP contribution in [-0.2, 0) is 18.0 Å². The van der Waals surface area contributed by atoms with Crippen LogP contribution in [0.25, 0.3) is 0 Å². The summed E-state index contributed by atoms with van der Waals surface area (Å²) in [6.07, 6.45) is 0. The molecule has 116 valence electrons. The fourth-order valence-electron chi connectivity index (χ4n) is 1.90. The molecule has 0 aromatic heterocycles. The van der Waals surface area contributed by atoms with Gasteiger partial charge in [-0.3, -0.25) is 9.63 Å². The number of hydrogen-bond donors (Lipinski definition) is 3. The maximum Gasteiger partial charge on any atom is 0.251 e. The van der Waals surface area contributed by atoms with E-state index in [2.05, 4.69) is 10.8 Å². The number of hydroxylamine groups is 1. The first-order valence-corrected chi connectivity index (χ1v) is 7.25. The molecule has 5 heteroatoms. The lowest BCUT2D eigenvalue weighted by molar-refractivity contribution is 0.0235. The summed E-state index contributed by atoms with van der Waals surface area (Å²) in [6, 6.07) is 17.3. The highest BCUT2D eigenvalue weighted by Gasteiger charge is 2.04. The fraction of sp³-hybridized carbons (Fsp3) is 0.235. The third kappa shape index (κ3) is 5.29. The van der Waals surface area contributed by atoms with Crippen molar-refractivity contribution in [2.75, 3.05) is 13.1 Å². The van der Waals surface area contributed by atoms with Gasteiger partial charge < -0.3 is 11.1 Å². The van der Waals surface area contributed by atoms with Gasteiger partial charge in [0.05, 0.1) is 6.61 Å². The Bertz CT molecular complexity index is 570. The van der Waals surface area contributed by atoms with Crippen LogP contribution in [0, 0.1) is 0 Å². The first-order chi connectivity index (χ1) is 10.8. The zero-order valence-electron chi connectivity index (χ0n) is 12.4. The van der Waals surface area contributed by atoms with Crippen molar-refractivity contribution in [3.8, 4) is 0 Å². The van der Waals surface area contributed by atoms with Gasteiger partial charge in [0, 0.05) is 25.2 Å². The van der Waals surface area contributed by atoms with Gasteiger partial charge in [-0.05, 0) is 23.3 Å². The summed E-state index contributed by atoms with van der Waals surface area (Å²) in [5, 5.41) is 2.73. The van der Waals surface area contributed by atoms with Crippen LogP contribution in [-0.4, -0.2) is 19.0 Å². The van der Waals surface area contributed by atoms with E-state index in [0.29, 0.717) is 31.8 Å². The molecule has 2 rings (SSSR count). The van der Waals surface area contributed by atoms with E-state index in [1.807, 2.05) is 42.5 Å². The number of benzene rings is 2. The number of carbonyl (C=O) groups is 1. The number of nitrogens with one attached hydrogen (secondary N) is 2. The van der Waals surface area contributed by atoms with Crippen LogP contribution >= 0.6 is 0 Å². The standard InChI is InChI=1S/C17H21N3O2/c18-10-11-19-17(21)16-8-6-15(7-9-16)13-22-20-12-14-4-2-1-3-5-14/h1-9,20H,10-13,18H2,(H,19,21). The van der Waals surface area contributed by atoms with E-state index >= 15 is 0 Å². The highest BCUT2D eigenvalue weighted by molar-refractivity contribution is 5.94. The predicted octanol–water partition coefficient (Wildman–Crippen LogP) is 1.60. The molecule has 0 saturated heterocycles. The van der Waals surface area contributed by atoms with Crippen LogP contribution in [0.3, 0.4) is 0 Å². The largest absolute Gasteiger partial charge is 0.351 e. The summed E-state index contributed by atoms with van der Waals surface area (Å²) in [5.74, 6) is -0.111. The summed E-state index contributed by atoms with van der Waals surface area (Å²) >= 11 is 0. The van der Waals surface area contributed by atoms with Gasteiger partial charge in [-0.2, -0.15) is 5.48 Å². The zero-order chi connectivity index (χ0) is 15.6. The van der Waals surface area contributed by atoms with Gasteiger partial charge in [0.25, 0.3) is 5.91 Å². The third-order valence-electron chi connectivity index (χ3n) is 3.11. The molecule has 1 amide bonds. The molecule has 22 heavy (non-hydrogen) atoms. The molecule has 0 heterocycles. The van der Waals surface area contributed by atoms with E-state index in [4.69, 9.17) is 10.6 Å². The first-order valence-electron chi connectivity index (χ1n) is 7.25. The molecule has 2 aromatic carbocycles. The summed E-state index contributed by atoms with van der Waals surface area (Å²) in [6.45, 7) is 2.01. The van der Waals surface area contributed by atoms with Gasteiger partial charge in [-0.15, -0.1) is 0 Å². The van der Waals surface area contributed by atoms with E-state index in [1.54, 1.807) is 12.1 Å². The highest BCUT2D eigenvalue weighted by Crippen LogP contribution is 2.05. The molecule has 0 fully saturated rings.